The SMILES string of the molecule is COc1ccc(-c2nc(CN)n(C)c2Br)cc1C(C)C. The summed E-state index contributed by atoms with van der Waals surface area (Å²) in [4.78, 5) is 4.60. The third-order valence-electron chi connectivity index (χ3n) is 3.43. The summed E-state index contributed by atoms with van der Waals surface area (Å²) in [6, 6.07) is 6.16. The highest BCUT2D eigenvalue weighted by Gasteiger charge is 2.16. The molecule has 2 rings (SSSR count). The van der Waals surface area contributed by atoms with Gasteiger partial charge in [-0.2, -0.15) is 0 Å². The summed E-state index contributed by atoms with van der Waals surface area (Å²) in [6.07, 6.45) is 0. The Balaban J connectivity index is 2.56. The maximum Gasteiger partial charge on any atom is 0.123 e. The zero-order valence-corrected chi connectivity index (χ0v) is 13.9. The molecule has 1 aromatic carbocycles. The average molecular weight is 338 g/mol. The molecule has 1 aromatic heterocycles. The molecule has 0 aliphatic heterocycles. The first-order chi connectivity index (χ1) is 9.49. The number of imidazole rings is 1. The van der Waals surface area contributed by atoms with Gasteiger partial charge < -0.3 is 15.0 Å². The lowest BCUT2D eigenvalue weighted by atomic mass is 9.98. The predicted molar refractivity (Wildman–Crippen MR) is 84.9 cm³/mol. The van der Waals surface area contributed by atoms with Crippen molar-refractivity contribution in [1.82, 2.24) is 9.55 Å². The lowest BCUT2D eigenvalue weighted by molar-refractivity contribution is 0.407. The van der Waals surface area contributed by atoms with Crippen LogP contribution in [0.5, 0.6) is 5.75 Å². The molecule has 108 valence electrons. The number of ether oxygens (including phenoxy) is 1. The summed E-state index contributed by atoms with van der Waals surface area (Å²) in [6.45, 7) is 4.73. The van der Waals surface area contributed by atoms with E-state index in [0.717, 1.165) is 27.4 Å². The van der Waals surface area contributed by atoms with Crippen LogP contribution in [0.25, 0.3) is 11.3 Å². The van der Waals surface area contributed by atoms with Crippen LogP contribution in [-0.2, 0) is 13.6 Å². The minimum atomic E-state index is 0.390. The van der Waals surface area contributed by atoms with Crippen LogP contribution in [0.1, 0.15) is 31.2 Å². The lowest BCUT2D eigenvalue weighted by Gasteiger charge is -2.13. The number of methoxy groups -OCH3 is 1. The fourth-order valence-corrected chi connectivity index (χ4v) is 2.74. The predicted octanol–water partition coefficient (Wildman–Crippen LogP) is 3.44. The molecule has 20 heavy (non-hydrogen) atoms. The highest BCUT2D eigenvalue weighted by Crippen LogP contribution is 2.34. The summed E-state index contributed by atoms with van der Waals surface area (Å²) in [7, 11) is 3.65. The van der Waals surface area contributed by atoms with E-state index in [1.165, 1.54) is 5.56 Å². The van der Waals surface area contributed by atoms with Gasteiger partial charge in [0.25, 0.3) is 0 Å². The van der Waals surface area contributed by atoms with Crippen LogP contribution in [0.2, 0.25) is 0 Å². The zero-order valence-electron chi connectivity index (χ0n) is 12.3. The van der Waals surface area contributed by atoms with Gasteiger partial charge >= 0.3 is 0 Å². The molecule has 5 heteroatoms. The standard InChI is InChI=1S/C15H20BrN3O/c1-9(2)11-7-10(5-6-12(11)20-4)14-15(16)19(3)13(8-17)18-14/h5-7,9H,8,17H2,1-4H3. The van der Waals surface area contributed by atoms with Gasteiger partial charge in [-0.25, -0.2) is 4.98 Å². The fraction of sp³-hybridized carbons (Fsp3) is 0.400. The summed E-state index contributed by atoms with van der Waals surface area (Å²) < 4.78 is 8.33. The smallest absolute Gasteiger partial charge is 0.123 e. The number of rotatable bonds is 4. The van der Waals surface area contributed by atoms with E-state index >= 15 is 0 Å². The van der Waals surface area contributed by atoms with Gasteiger partial charge in [0.05, 0.1) is 13.7 Å². The second kappa shape index (κ2) is 5.97. The molecule has 0 aliphatic carbocycles. The zero-order chi connectivity index (χ0) is 14.9. The number of aromatic nitrogens is 2. The van der Waals surface area contributed by atoms with Gasteiger partial charge in [0, 0.05) is 12.6 Å². The van der Waals surface area contributed by atoms with E-state index in [1.807, 2.05) is 23.7 Å². The van der Waals surface area contributed by atoms with Crippen LogP contribution in [0.3, 0.4) is 0 Å². The largest absolute Gasteiger partial charge is 0.496 e. The number of nitrogens with zero attached hydrogens (tertiary/aromatic N) is 2. The second-order valence-electron chi connectivity index (χ2n) is 5.04. The lowest BCUT2D eigenvalue weighted by Crippen LogP contribution is -2.04. The van der Waals surface area contributed by atoms with Crippen molar-refractivity contribution in [3.63, 3.8) is 0 Å². The van der Waals surface area contributed by atoms with Crippen molar-refractivity contribution in [1.29, 1.82) is 0 Å². The van der Waals surface area contributed by atoms with E-state index in [2.05, 4.69) is 40.8 Å². The molecule has 0 atom stereocenters. The highest BCUT2D eigenvalue weighted by atomic mass is 79.9. The first-order valence-corrected chi connectivity index (χ1v) is 7.38. The minimum absolute atomic E-state index is 0.390. The van der Waals surface area contributed by atoms with E-state index in [1.54, 1.807) is 7.11 Å². The Kier molecular flexibility index (Phi) is 4.50. The highest BCUT2D eigenvalue weighted by molar-refractivity contribution is 9.10. The molecule has 1 heterocycles. The number of benzene rings is 1. The molecule has 2 N–H and O–H groups in total. The summed E-state index contributed by atoms with van der Waals surface area (Å²) in [5, 5.41) is 0. The monoisotopic (exact) mass is 337 g/mol. The molecule has 0 bridgehead atoms. The van der Waals surface area contributed by atoms with Crippen LogP contribution < -0.4 is 10.5 Å². The minimum Gasteiger partial charge on any atom is -0.496 e. The van der Waals surface area contributed by atoms with Crippen molar-refractivity contribution < 1.29 is 4.74 Å². The maximum absolute atomic E-state index is 5.71. The normalized spacial score (nSPS) is 11.2. The first kappa shape index (κ1) is 15.1. The Morgan fingerprint density at radius 1 is 1.40 bits per heavy atom. The summed E-state index contributed by atoms with van der Waals surface area (Å²) in [5.74, 6) is 2.16. The molecule has 0 fully saturated rings. The van der Waals surface area contributed by atoms with Gasteiger partial charge in [0.15, 0.2) is 0 Å². The fourth-order valence-electron chi connectivity index (χ4n) is 2.22. The van der Waals surface area contributed by atoms with Crippen LogP contribution in [0.4, 0.5) is 0 Å². The quantitative estimate of drug-likeness (QED) is 0.929. The van der Waals surface area contributed by atoms with E-state index in [9.17, 15) is 0 Å². The third-order valence-corrected chi connectivity index (χ3v) is 4.33. The number of halogens is 1. The van der Waals surface area contributed by atoms with Gasteiger partial charge in [-0.1, -0.05) is 13.8 Å². The van der Waals surface area contributed by atoms with Gasteiger partial charge in [-0.3, -0.25) is 0 Å². The molecule has 0 amide bonds. The molecule has 0 unspecified atom stereocenters. The Hall–Kier alpha value is -1.33. The van der Waals surface area contributed by atoms with Gasteiger partial charge in [0.1, 0.15) is 21.9 Å². The topological polar surface area (TPSA) is 53.1 Å². The van der Waals surface area contributed by atoms with Crippen LogP contribution >= 0.6 is 15.9 Å². The van der Waals surface area contributed by atoms with E-state index < -0.39 is 0 Å². The average Bonchev–Trinajstić information content (AvgIpc) is 2.74. The van der Waals surface area contributed by atoms with Crippen molar-refractivity contribution in [2.75, 3.05) is 7.11 Å². The molecule has 0 saturated heterocycles. The van der Waals surface area contributed by atoms with Crippen LogP contribution in [0.15, 0.2) is 22.8 Å². The second-order valence-corrected chi connectivity index (χ2v) is 5.79. The Bertz CT molecular complexity index is 620. The summed E-state index contributed by atoms with van der Waals surface area (Å²) in [5.41, 5.74) is 8.87. The van der Waals surface area contributed by atoms with Gasteiger partial charge in [0.2, 0.25) is 0 Å². The molecule has 0 spiro atoms. The van der Waals surface area contributed by atoms with Crippen molar-refractivity contribution >= 4 is 15.9 Å². The Labute approximate surface area is 128 Å². The van der Waals surface area contributed by atoms with Crippen LogP contribution in [0, 0.1) is 0 Å². The number of hydrogen-bond acceptors (Lipinski definition) is 3. The molecule has 0 saturated carbocycles. The Morgan fingerprint density at radius 3 is 2.60 bits per heavy atom. The van der Waals surface area contributed by atoms with E-state index in [0.29, 0.717) is 12.5 Å². The van der Waals surface area contributed by atoms with Crippen molar-refractivity contribution in [3.8, 4) is 17.0 Å². The number of hydrogen-bond donors (Lipinski definition) is 1. The Morgan fingerprint density at radius 2 is 2.10 bits per heavy atom. The molecular formula is C15H20BrN3O. The third kappa shape index (κ3) is 2.60. The molecule has 0 aliphatic rings. The van der Waals surface area contributed by atoms with Crippen molar-refractivity contribution in [2.45, 2.75) is 26.3 Å². The van der Waals surface area contributed by atoms with Gasteiger partial charge in [-0.05, 0) is 45.6 Å². The molecule has 2 aromatic rings. The first-order valence-electron chi connectivity index (χ1n) is 6.59. The van der Waals surface area contributed by atoms with Gasteiger partial charge in [-0.15, -0.1) is 0 Å². The molecule has 0 radical (unpaired) electrons. The molecule has 4 nitrogen and oxygen atoms in total. The van der Waals surface area contributed by atoms with E-state index in [-0.39, 0.29) is 0 Å². The van der Waals surface area contributed by atoms with E-state index in [4.69, 9.17) is 10.5 Å². The molecular weight excluding hydrogens is 318 g/mol. The summed E-state index contributed by atoms with van der Waals surface area (Å²) >= 11 is 3.59. The van der Waals surface area contributed by atoms with Crippen molar-refractivity contribution in [3.05, 3.63) is 34.2 Å². The maximum atomic E-state index is 5.71. The number of nitrogens with two attached hydrogens (primary N) is 1. The van der Waals surface area contributed by atoms with Crippen molar-refractivity contribution in [2.24, 2.45) is 12.8 Å². The van der Waals surface area contributed by atoms with Crippen LogP contribution in [-0.4, -0.2) is 16.7 Å².